The van der Waals surface area contributed by atoms with Crippen LogP contribution in [0, 0.1) is 0 Å². The molecule has 1 heterocycles. The third-order valence-corrected chi connectivity index (χ3v) is 4.63. The van der Waals surface area contributed by atoms with E-state index in [1.54, 1.807) is 11.3 Å². The standard InChI is InChI=1S/C11H18ClNS2/c1-8(2)14-7-9(13-3)6-10-4-5-11(12)15-10/h4-5,8-9,13H,6-7H2,1-3H3. The average Bonchev–Trinajstić information content (AvgIpc) is 2.58. The number of hydrogen-bond donors (Lipinski definition) is 1. The predicted octanol–water partition coefficient (Wildman–Crippen LogP) is 3.67. The molecule has 0 radical (unpaired) electrons. The number of nitrogens with one attached hydrogen (secondary N) is 1. The van der Waals surface area contributed by atoms with Gasteiger partial charge in [0.15, 0.2) is 0 Å². The van der Waals surface area contributed by atoms with Crippen molar-refractivity contribution in [2.24, 2.45) is 0 Å². The van der Waals surface area contributed by atoms with Crippen LogP contribution < -0.4 is 5.32 Å². The Hall–Kier alpha value is 0.300. The fourth-order valence-electron chi connectivity index (χ4n) is 1.26. The van der Waals surface area contributed by atoms with Crippen LogP contribution in [0.4, 0.5) is 0 Å². The second-order valence-corrected chi connectivity index (χ2v) is 7.19. The Bertz CT molecular complexity index is 286. The third-order valence-electron chi connectivity index (χ3n) is 2.12. The molecule has 1 N–H and O–H groups in total. The third kappa shape index (κ3) is 5.25. The summed E-state index contributed by atoms with van der Waals surface area (Å²) in [5, 5.41) is 4.06. The minimum absolute atomic E-state index is 0.548. The lowest BCUT2D eigenvalue weighted by molar-refractivity contribution is 0.621. The largest absolute Gasteiger partial charge is 0.316 e. The first-order chi connectivity index (χ1) is 7.11. The Labute approximate surface area is 106 Å². The summed E-state index contributed by atoms with van der Waals surface area (Å²) in [6, 6.07) is 4.65. The SMILES string of the molecule is CNC(CSC(C)C)Cc1ccc(Cl)s1. The molecule has 0 saturated carbocycles. The van der Waals surface area contributed by atoms with Gasteiger partial charge in [-0.15, -0.1) is 11.3 Å². The maximum Gasteiger partial charge on any atom is 0.0931 e. The minimum atomic E-state index is 0.548. The van der Waals surface area contributed by atoms with Gasteiger partial charge in [0.1, 0.15) is 0 Å². The molecule has 0 aliphatic rings. The van der Waals surface area contributed by atoms with Crippen LogP contribution in [0.25, 0.3) is 0 Å². The van der Waals surface area contributed by atoms with Crippen LogP contribution in [0.2, 0.25) is 4.34 Å². The van der Waals surface area contributed by atoms with E-state index in [1.165, 1.54) is 4.88 Å². The molecule has 0 aromatic carbocycles. The van der Waals surface area contributed by atoms with E-state index in [4.69, 9.17) is 11.6 Å². The van der Waals surface area contributed by atoms with Crippen LogP contribution in [-0.2, 0) is 6.42 Å². The van der Waals surface area contributed by atoms with Crippen molar-refractivity contribution < 1.29 is 0 Å². The van der Waals surface area contributed by atoms with Crippen molar-refractivity contribution in [2.45, 2.75) is 31.6 Å². The van der Waals surface area contributed by atoms with Gasteiger partial charge in [-0.3, -0.25) is 0 Å². The number of hydrogen-bond acceptors (Lipinski definition) is 3. The average molecular weight is 264 g/mol. The summed E-state index contributed by atoms with van der Waals surface area (Å²) in [4.78, 5) is 1.36. The predicted molar refractivity (Wildman–Crippen MR) is 73.5 cm³/mol. The first-order valence-corrected chi connectivity index (χ1v) is 7.39. The van der Waals surface area contributed by atoms with Gasteiger partial charge in [0.2, 0.25) is 0 Å². The fourth-order valence-corrected chi connectivity index (χ4v) is 3.33. The van der Waals surface area contributed by atoms with Gasteiger partial charge in [0, 0.05) is 16.7 Å². The van der Waals surface area contributed by atoms with Gasteiger partial charge in [0.25, 0.3) is 0 Å². The van der Waals surface area contributed by atoms with Crippen molar-refractivity contribution >= 4 is 34.7 Å². The van der Waals surface area contributed by atoms with Crippen molar-refractivity contribution in [1.82, 2.24) is 5.32 Å². The molecule has 0 aliphatic heterocycles. The minimum Gasteiger partial charge on any atom is -0.316 e. The van der Waals surface area contributed by atoms with Crippen molar-refractivity contribution in [1.29, 1.82) is 0 Å². The summed E-state index contributed by atoms with van der Waals surface area (Å²) in [7, 11) is 2.03. The molecule has 1 atom stereocenters. The number of thiophene rings is 1. The fraction of sp³-hybridized carbons (Fsp3) is 0.636. The first-order valence-electron chi connectivity index (χ1n) is 5.15. The second-order valence-electron chi connectivity index (χ2n) is 3.78. The van der Waals surface area contributed by atoms with Crippen LogP contribution in [0.15, 0.2) is 12.1 Å². The summed E-state index contributed by atoms with van der Waals surface area (Å²) in [6.45, 7) is 4.47. The van der Waals surface area contributed by atoms with E-state index in [-0.39, 0.29) is 0 Å². The lowest BCUT2D eigenvalue weighted by Crippen LogP contribution is -2.30. The summed E-state index contributed by atoms with van der Waals surface area (Å²) in [5.41, 5.74) is 0. The monoisotopic (exact) mass is 263 g/mol. The Morgan fingerprint density at radius 2 is 2.20 bits per heavy atom. The van der Waals surface area contributed by atoms with E-state index in [9.17, 15) is 0 Å². The molecule has 1 aromatic rings. The van der Waals surface area contributed by atoms with Gasteiger partial charge >= 0.3 is 0 Å². The molecule has 1 unspecified atom stereocenters. The van der Waals surface area contributed by atoms with E-state index in [1.807, 2.05) is 24.9 Å². The topological polar surface area (TPSA) is 12.0 Å². The molecular formula is C11H18ClNS2. The molecule has 1 rings (SSSR count). The van der Waals surface area contributed by atoms with E-state index >= 15 is 0 Å². The Morgan fingerprint density at radius 3 is 2.67 bits per heavy atom. The van der Waals surface area contributed by atoms with E-state index in [0.717, 1.165) is 16.5 Å². The molecule has 0 spiro atoms. The highest BCUT2D eigenvalue weighted by Crippen LogP contribution is 2.23. The van der Waals surface area contributed by atoms with E-state index in [2.05, 4.69) is 25.2 Å². The molecule has 15 heavy (non-hydrogen) atoms. The van der Waals surface area contributed by atoms with Crippen molar-refractivity contribution in [3.8, 4) is 0 Å². The molecule has 0 amide bonds. The van der Waals surface area contributed by atoms with Gasteiger partial charge in [-0.25, -0.2) is 0 Å². The smallest absolute Gasteiger partial charge is 0.0931 e. The Balaban J connectivity index is 2.39. The maximum absolute atomic E-state index is 5.91. The number of likely N-dealkylation sites (N-methyl/N-ethyl adjacent to an activating group) is 1. The quantitative estimate of drug-likeness (QED) is 0.841. The highest BCUT2D eigenvalue weighted by atomic mass is 35.5. The number of halogens is 1. The maximum atomic E-state index is 5.91. The molecule has 0 bridgehead atoms. The van der Waals surface area contributed by atoms with Crippen molar-refractivity contribution in [3.05, 3.63) is 21.3 Å². The summed E-state index contributed by atoms with van der Waals surface area (Å²) in [5.74, 6) is 1.16. The van der Waals surface area contributed by atoms with E-state index in [0.29, 0.717) is 11.3 Å². The lowest BCUT2D eigenvalue weighted by Gasteiger charge is -2.16. The zero-order valence-electron chi connectivity index (χ0n) is 9.42. The Morgan fingerprint density at radius 1 is 1.47 bits per heavy atom. The molecule has 0 fully saturated rings. The molecule has 1 aromatic heterocycles. The molecule has 86 valence electrons. The first kappa shape index (κ1) is 13.4. The van der Waals surface area contributed by atoms with Crippen molar-refractivity contribution in [2.75, 3.05) is 12.8 Å². The number of rotatable bonds is 6. The zero-order valence-corrected chi connectivity index (χ0v) is 11.8. The normalized spacial score (nSPS) is 13.4. The highest BCUT2D eigenvalue weighted by Gasteiger charge is 2.09. The molecule has 1 nitrogen and oxygen atoms in total. The zero-order chi connectivity index (χ0) is 11.3. The van der Waals surface area contributed by atoms with Gasteiger partial charge < -0.3 is 5.32 Å². The molecule has 0 saturated heterocycles. The lowest BCUT2D eigenvalue weighted by atomic mass is 10.2. The summed E-state index contributed by atoms with van der Waals surface area (Å²) < 4.78 is 0.886. The van der Waals surface area contributed by atoms with Gasteiger partial charge in [-0.1, -0.05) is 25.4 Å². The van der Waals surface area contributed by atoms with Crippen LogP contribution >= 0.6 is 34.7 Å². The van der Waals surface area contributed by atoms with Crippen LogP contribution in [0.5, 0.6) is 0 Å². The van der Waals surface area contributed by atoms with E-state index < -0.39 is 0 Å². The molecule has 4 heteroatoms. The van der Waals surface area contributed by atoms with Crippen LogP contribution in [0.1, 0.15) is 18.7 Å². The van der Waals surface area contributed by atoms with Crippen LogP contribution in [-0.4, -0.2) is 24.1 Å². The highest BCUT2D eigenvalue weighted by molar-refractivity contribution is 7.99. The summed E-state index contributed by atoms with van der Waals surface area (Å²) in [6.07, 6.45) is 1.08. The molecular weight excluding hydrogens is 246 g/mol. The number of thioether (sulfide) groups is 1. The van der Waals surface area contributed by atoms with Gasteiger partial charge in [-0.2, -0.15) is 11.8 Å². The summed E-state index contributed by atoms with van der Waals surface area (Å²) >= 11 is 9.59. The molecule has 0 aliphatic carbocycles. The van der Waals surface area contributed by atoms with Crippen LogP contribution in [0.3, 0.4) is 0 Å². The van der Waals surface area contributed by atoms with Crippen molar-refractivity contribution in [3.63, 3.8) is 0 Å². The van der Waals surface area contributed by atoms with Gasteiger partial charge in [0.05, 0.1) is 4.34 Å². The Kier molecular flexibility index (Phi) is 6.05. The second kappa shape index (κ2) is 6.79. The van der Waals surface area contributed by atoms with Gasteiger partial charge in [-0.05, 0) is 30.9 Å².